The van der Waals surface area contributed by atoms with Gasteiger partial charge in [-0.2, -0.15) is 0 Å². The molecule has 1 aromatic heterocycles. The number of hydrogen-bond donors (Lipinski definition) is 1. The summed E-state index contributed by atoms with van der Waals surface area (Å²) in [6.07, 6.45) is 2.73. The molecule has 1 heterocycles. The number of carbonyl (C=O) groups is 1. The molecule has 1 aromatic rings. The minimum absolute atomic E-state index is 0.0139. The zero-order chi connectivity index (χ0) is 14.6. The molecule has 0 bridgehead atoms. The molecule has 0 atom stereocenters. The molecule has 6 nitrogen and oxygen atoms in total. The number of carbonyl (C=O) groups excluding carboxylic acids is 1. The minimum atomic E-state index is -0.614. The van der Waals surface area contributed by atoms with E-state index in [-0.39, 0.29) is 16.4 Å². The van der Waals surface area contributed by atoms with E-state index in [1.165, 1.54) is 0 Å². The van der Waals surface area contributed by atoms with Crippen LogP contribution < -0.4 is 5.32 Å². The number of nitrogens with zero attached hydrogens (tertiary/aromatic N) is 2. The van der Waals surface area contributed by atoms with Gasteiger partial charge in [-0.3, -0.25) is 14.9 Å². The zero-order valence-corrected chi connectivity index (χ0v) is 11.8. The molecule has 0 fully saturated rings. The smallest absolute Gasteiger partial charge is 0.288 e. The number of hydrogen-bond acceptors (Lipinski definition) is 4. The topological polar surface area (TPSA) is 85.1 Å². The Morgan fingerprint density at radius 3 is 2.74 bits per heavy atom. The molecular formula is C12H16ClN3O3. The fourth-order valence-corrected chi connectivity index (χ4v) is 1.95. The maximum absolute atomic E-state index is 12.1. The molecule has 1 N–H and O–H groups in total. The van der Waals surface area contributed by atoms with E-state index in [0.29, 0.717) is 0 Å². The SMILES string of the molecule is CCCC(C)(C)NC(=O)c1cc([N+](=O)[O-])cnc1Cl. The van der Waals surface area contributed by atoms with Crippen molar-refractivity contribution in [2.75, 3.05) is 0 Å². The Balaban J connectivity index is 2.99. The second kappa shape index (κ2) is 5.97. The first-order valence-electron chi connectivity index (χ1n) is 5.89. The van der Waals surface area contributed by atoms with Crippen LogP contribution in [0.2, 0.25) is 5.15 Å². The molecule has 19 heavy (non-hydrogen) atoms. The summed E-state index contributed by atoms with van der Waals surface area (Å²) in [7, 11) is 0. The number of halogens is 1. The summed E-state index contributed by atoms with van der Waals surface area (Å²) in [4.78, 5) is 25.8. The molecule has 1 rings (SSSR count). The lowest BCUT2D eigenvalue weighted by Gasteiger charge is -2.25. The van der Waals surface area contributed by atoms with Crippen LogP contribution in [0.4, 0.5) is 5.69 Å². The van der Waals surface area contributed by atoms with Crippen molar-refractivity contribution in [1.29, 1.82) is 0 Å². The van der Waals surface area contributed by atoms with Gasteiger partial charge >= 0.3 is 0 Å². The molecule has 0 aromatic carbocycles. The van der Waals surface area contributed by atoms with Crippen molar-refractivity contribution in [1.82, 2.24) is 10.3 Å². The number of pyridine rings is 1. The summed E-state index contributed by atoms with van der Waals surface area (Å²) in [5, 5.41) is 13.4. The van der Waals surface area contributed by atoms with Gasteiger partial charge in [0.25, 0.3) is 11.6 Å². The lowest BCUT2D eigenvalue weighted by atomic mass is 9.98. The quantitative estimate of drug-likeness (QED) is 0.512. The molecular weight excluding hydrogens is 270 g/mol. The van der Waals surface area contributed by atoms with Gasteiger partial charge in [-0.25, -0.2) is 4.98 Å². The van der Waals surface area contributed by atoms with E-state index in [9.17, 15) is 14.9 Å². The number of nitro groups is 1. The van der Waals surface area contributed by atoms with Crippen LogP contribution in [0.15, 0.2) is 12.3 Å². The summed E-state index contributed by atoms with van der Waals surface area (Å²) >= 11 is 5.81. The second-order valence-corrected chi connectivity index (χ2v) is 5.24. The molecule has 0 saturated carbocycles. The van der Waals surface area contributed by atoms with Crippen molar-refractivity contribution in [2.24, 2.45) is 0 Å². The van der Waals surface area contributed by atoms with E-state index in [2.05, 4.69) is 10.3 Å². The summed E-state index contributed by atoms with van der Waals surface area (Å²) in [6, 6.07) is 1.13. The van der Waals surface area contributed by atoms with E-state index < -0.39 is 16.4 Å². The third-order valence-corrected chi connectivity index (χ3v) is 2.91. The number of rotatable bonds is 5. The summed E-state index contributed by atoms with van der Waals surface area (Å²) in [5.41, 5.74) is -0.650. The van der Waals surface area contributed by atoms with Crippen LogP contribution in [0.3, 0.4) is 0 Å². The maximum atomic E-state index is 12.1. The standard InChI is InChI=1S/C12H16ClN3O3/c1-4-5-12(2,3)15-11(17)9-6-8(16(18)19)7-14-10(9)13/h6-7H,4-5H2,1-3H3,(H,15,17). The number of aromatic nitrogens is 1. The van der Waals surface area contributed by atoms with Gasteiger partial charge in [0, 0.05) is 11.6 Å². The monoisotopic (exact) mass is 285 g/mol. The highest BCUT2D eigenvalue weighted by Gasteiger charge is 2.23. The molecule has 0 aliphatic rings. The molecule has 0 saturated heterocycles. The molecule has 104 valence electrons. The van der Waals surface area contributed by atoms with Gasteiger partial charge in [0.05, 0.1) is 10.5 Å². The minimum Gasteiger partial charge on any atom is -0.347 e. The van der Waals surface area contributed by atoms with Crippen molar-refractivity contribution in [3.05, 3.63) is 33.1 Å². The first-order chi connectivity index (χ1) is 8.76. The third-order valence-electron chi connectivity index (χ3n) is 2.61. The molecule has 1 amide bonds. The summed E-state index contributed by atoms with van der Waals surface area (Å²) in [6.45, 7) is 5.77. The first-order valence-corrected chi connectivity index (χ1v) is 6.27. The van der Waals surface area contributed by atoms with Crippen molar-refractivity contribution in [3.63, 3.8) is 0 Å². The highest BCUT2D eigenvalue weighted by Crippen LogP contribution is 2.20. The molecule has 0 unspecified atom stereocenters. The molecule has 7 heteroatoms. The van der Waals surface area contributed by atoms with E-state index in [4.69, 9.17) is 11.6 Å². The molecule has 0 aliphatic carbocycles. The van der Waals surface area contributed by atoms with Gasteiger partial charge in [0.2, 0.25) is 0 Å². The van der Waals surface area contributed by atoms with Crippen LogP contribution in [0, 0.1) is 10.1 Å². The molecule has 0 aliphatic heterocycles. The highest BCUT2D eigenvalue weighted by molar-refractivity contribution is 6.32. The average molecular weight is 286 g/mol. The van der Waals surface area contributed by atoms with Crippen molar-refractivity contribution >= 4 is 23.2 Å². The number of amides is 1. The van der Waals surface area contributed by atoms with E-state index in [0.717, 1.165) is 25.1 Å². The van der Waals surface area contributed by atoms with Gasteiger partial charge in [-0.15, -0.1) is 0 Å². The number of nitrogens with one attached hydrogen (secondary N) is 1. The normalized spacial score (nSPS) is 11.2. The Kier molecular flexibility index (Phi) is 4.83. The van der Waals surface area contributed by atoms with Crippen LogP contribution >= 0.6 is 11.6 Å². The summed E-state index contributed by atoms with van der Waals surface area (Å²) < 4.78 is 0. The first kappa shape index (κ1) is 15.4. The Labute approximate surface area is 116 Å². The van der Waals surface area contributed by atoms with Gasteiger partial charge in [-0.1, -0.05) is 24.9 Å². The van der Waals surface area contributed by atoms with Crippen LogP contribution in [-0.4, -0.2) is 21.4 Å². The highest BCUT2D eigenvalue weighted by atomic mass is 35.5. The van der Waals surface area contributed by atoms with Gasteiger partial charge in [-0.05, 0) is 20.3 Å². The molecule has 0 spiro atoms. The van der Waals surface area contributed by atoms with Crippen LogP contribution in [-0.2, 0) is 0 Å². The maximum Gasteiger partial charge on any atom is 0.288 e. The Morgan fingerprint density at radius 2 is 2.21 bits per heavy atom. The van der Waals surface area contributed by atoms with E-state index in [1.807, 2.05) is 20.8 Å². The van der Waals surface area contributed by atoms with Crippen molar-refractivity contribution < 1.29 is 9.72 Å². The predicted molar refractivity (Wildman–Crippen MR) is 72.4 cm³/mol. The lowest BCUT2D eigenvalue weighted by molar-refractivity contribution is -0.385. The molecule has 0 radical (unpaired) electrons. The van der Waals surface area contributed by atoms with Crippen molar-refractivity contribution in [3.8, 4) is 0 Å². The van der Waals surface area contributed by atoms with Gasteiger partial charge in [0.1, 0.15) is 11.3 Å². The van der Waals surface area contributed by atoms with Crippen molar-refractivity contribution in [2.45, 2.75) is 39.2 Å². The van der Waals surface area contributed by atoms with E-state index >= 15 is 0 Å². The van der Waals surface area contributed by atoms with Crippen LogP contribution in [0.5, 0.6) is 0 Å². The van der Waals surface area contributed by atoms with E-state index in [1.54, 1.807) is 0 Å². The summed E-state index contributed by atoms with van der Waals surface area (Å²) in [5.74, 6) is -0.459. The van der Waals surface area contributed by atoms with Gasteiger partial charge in [0.15, 0.2) is 0 Å². The fourth-order valence-electron chi connectivity index (χ4n) is 1.76. The van der Waals surface area contributed by atoms with Crippen LogP contribution in [0.25, 0.3) is 0 Å². The zero-order valence-electron chi connectivity index (χ0n) is 11.1. The fraction of sp³-hybridized carbons (Fsp3) is 0.500. The predicted octanol–water partition coefficient (Wildman–Crippen LogP) is 2.95. The lowest BCUT2D eigenvalue weighted by Crippen LogP contribution is -2.43. The Morgan fingerprint density at radius 1 is 1.58 bits per heavy atom. The van der Waals surface area contributed by atoms with Gasteiger partial charge < -0.3 is 5.32 Å². The Hall–Kier alpha value is -1.69. The van der Waals surface area contributed by atoms with Crippen LogP contribution in [0.1, 0.15) is 44.0 Å². The Bertz CT molecular complexity index is 503. The average Bonchev–Trinajstić information content (AvgIpc) is 2.28. The third kappa shape index (κ3) is 4.17. The largest absolute Gasteiger partial charge is 0.347 e. The second-order valence-electron chi connectivity index (χ2n) is 4.88.